The van der Waals surface area contributed by atoms with Crippen molar-refractivity contribution in [3.63, 3.8) is 0 Å². The molecular formula is C8H6ClNS. The molecule has 1 heterocycles. The Balaban J connectivity index is 2.95. The molecule has 3 heteroatoms. The van der Waals surface area contributed by atoms with Gasteiger partial charge in [0.2, 0.25) is 0 Å². The van der Waals surface area contributed by atoms with E-state index in [0.717, 1.165) is 4.88 Å². The van der Waals surface area contributed by atoms with Gasteiger partial charge in [-0.25, -0.2) is 0 Å². The fourth-order valence-corrected chi connectivity index (χ4v) is 1.69. The first-order chi connectivity index (χ1) is 5.24. The van der Waals surface area contributed by atoms with E-state index in [2.05, 4.69) is 0 Å². The van der Waals surface area contributed by atoms with Gasteiger partial charge in [-0.3, -0.25) is 0 Å². The SMILES string of the molecule is Cc1ccc(/C(Cl)=C/C#N)s1. The van der Waals surface area contributed by atoms with Gasteiger partial charge in [0.1, 0.15) is 0 Å². The summed E-state index contributed by atoms with van der Waals surface area (Å²) in [7, 11) is 0. The Morgan fingerprint density at radius 1 is 1.73 bits per heavy atom. The molecule has 0 atom stereocenters. The molecule has 11 heavy (non-hydrogen) atoms. The van der Waals surface area contributed by atoms with Gasteiger partial charge in [-0.15, -0.1) is 11.3 Å². The summed E-state index contributed by atoms with van der Waals surface area (Å²) in [5.74, 6) is 0. The van der Waals surface area contributed by atoms with E-state index < -0.39 is 0 Å². The van der Waals surface area contributed by atoms with Crippen molar-refractivity contribution in [3.8, 4) is 6.07 Å². The minimum atomic E-state index is 0.519. The number of aryl methyl sites for hydroxylation is 1. The molecule has 56 valence electrons. The summed E-state index contributed by atoms with van der Waals surface area (Å²) in [5.41, 5.74) is 0. The first-order valence-corrected chi connectivity index (χ1v) is 4.25. The van der Waals surface area contributed by atoms with Crippen LogP contribution in [0, 0.1) is 18.3 Å². The molecule has 0 radical (unpaired) electrons. The van der Waals surface area contributed by atoms with Crippen molar-refractivity contribution in [2.45, 2.75) is 6.92 Å². The lowest BCUT2D eigenvalue weighted by Gasteiger charge is -1.87. The summed E-state index contributed by atoms with van der Waals surface area (Å²) in [6.07, 6.45) is 1.34. The zero-order chi connectivity index (χ0) is 8.27. The highest BCUT2D eigenvalue weighted by Crippen LogP contribution is 2.25. The number of thiophene rings is 1. The smallest absolute Gasteiger partial charge is 0.0928 e. The number of halogens is 1. The molecule has 0 aliphatic rings. The second kappa shape index (κ2) is 3.56. The Morgan fingerprint density at radius 3 is 2.91 bits per heavy atom. The second-order valence-corrected chi connectivity index (χ2v) is 3.73. The molecule has 0 aliphatic carbocycles. The van der Waals surface area contributed by atoms with Crippen LogP contribution in [0.1, 0.15) is 9.75 Å². The second-order valence-electron chi connectivity index (χ2n) is 2.03. The van der Waals surface area contributed by atoms with E-state index in [4.69, 9.17) is 16.9 Å². The Labute approximate surface area is 74.5 Å². The molecule has 0 N–H and O–H groups in total. The molecule has 1 aromatic heterocycles. The highest BCUT2D eigenvalue weighted by molar-refractivity contribution is 7.13. The predicted octanol–water partition coefficient (Wildman–Crippen LogP) is 3.16. The average molecular weight is 184 g/mol. The van der Waals surface area contributed by atoms with Crippen molar-refractivity contribution in [1.29, 1.82) is 5.26 Å². The van der Waals surface area contributed by atoms with Crippen LogP contribution in [0.15, 0.2) is 18.2 Å². The van der Waals surface area contributed by atoms with Crippen molar-refractivity contribution in [2.24, 2.45) is 0 Å². The highest BCUT2D eigenvalue weighted by atomic mass is 35.5. The standard InChI is InChI=1S/C8H6ClNS/c1-6-2-3-8(11-6)7(9)4-5-10/h2-4H,1H3/b7-4-. The van der Waals surface area contributed by atoms with Gasteiger partial charge >= 0.3 is 0 Å². The van der Waals surface area contributed by atoms with Gasteiger partial charge in [0.15, 0.2) is 0 Å². The minimum Gasteiger partial charge on any atom is -0.193 e. The van der Waals surface area contributed by atoms with Crippen LogP contribution in [0.25, 0.3) is 5.03 Å². The van der Waals surface area contributed by atoms with Gasteiger partial charge in [0.05, 0.1) is 11.1 Å². The maximum atomic E-state index is 8.30. The summed E-state index contributed by atoms with van der Waals surface area (Å²) < 4.78 is 0. The monoisotopic (exact) mass is 183 g/mol. The van der Waals surface area contributed by atoms with E-state index in [1.54, 1.807) is 11.3 Å². The maximum absolute atomic E-state index is 8.30. The molecule has 0 aromatic carbocycles. The molecule has 0 amide bonds. The molecule has 0 saturated carbocycles. The lowest BCUT2D eigenvalue weighted by molar-refractivity contribution is 1.54. The molecule has 0 fully saturated rings. The number of nitrogens with zero attached hydrogens (tertiary/aromatic N) is 1. The Kier molecular flexibility index (Phi) is 2.70. The topological polar surface area (TPSA) is 23.8 Å². The third-order valence-electron chi connectivity index (χ3n) is 1.17. The molecule has 0 aliphatic heterocycles. The number of nitriles is 1. The van der Waals surface area contributed by atoms with E-state index in [-0.39, 0.29) is 0 Å². The third-order valence-corrected chi connectivity index (χ3v) is 2.63. The quantitative estimate of drug-likeness (QED) is 0.614. The first kappa shape index (κ1) is 8.32. The fourth-order valence-electron chi connectivity index (χ4n) is 0.691. The molecule has 0 spiro atoms. The number of hydrogen-bond donors (Lipinski definition) is 0. The Hall–Kier alpha value is -0.780. The van der Waals surface area contributed by atoms with E-state index in [9.17, 15) is 0 Å². The largest absolute Gasteiger partial charge is 0.193 e. The van der Waals surface area contributed by atoms with Crippen molar-refractivity contribution in [1.82, 2.24) is 0 Å². The molecule has 1 nitrogen and oxygen atoms in total. The van der Waals surface area contributed by atoms with E-state index in [1.807, 2.05) is 25.1 Å². The van der Waals surface area contributed by atoms with Crippen LogP contribution in [0.5, 0.6) is 0 Å². The van der Waals surface area contributed by atoms with Crippen LogP contribution in [-0.4, -0.2) is 0 Å². The van der Waals surface area contributed by atoms with Gasteiger partial charge < -0.3 is 0 Å². The lowest BCUT2D eigenvalue weighted by Crippen LogP contribution is -1.63. The van der Waals surface area contributed by atoms with Crippen molar-refractivity contribution in [3.05, 3.63) is 28.0 Å². The number of hydrogen-bond acceptors (Lipinski definition) is 2. The normalized spacial score (nSPS) is 11.2. The third kappa shape index (κ3) is 2.07. The molecule has 1 rings (SSSR count). The zero-order valence-electron chi connectivity index (χ0n) is 5.97. The molecule has 1 aromatic rings. The predicted molar refractivity (Wildman–Crippen MR) is 48.5 cm³/mol. The van der Waals surface area contributed by atoms with E-state index in [0.29, 0.717) is 5.03 Å². The number of allylic oxidation sites excluding steroid dienone is 1. The summed E-state index contributed by atoms with van der Waals surface area (Å²) in [4.78, 5) is 2.15. The Morgan fingerprint density at radius 2 is 2.45 bits per heavy atom. The highest BCUT2D eigenvalue weighted by Gasteiger charge is 1.99. The van der Waals surface area contributed by atoms with E-state index >= 15 is 0 Å². The minimum absolute atomic E-state index is 0.519. The van der Waals surface area contributed by atoms with Crippen LogP contribution in [0.4, 0.5) is 0 Å². The van der Waals surface area contributed by atoms with Crippen LogP contribution in [0.2, 0.25) is 0 Å². The average Bonchev–Trinajstić information content (AvgIpc) is 2.36. The van der Waals surface area contributed by atoms with Gasteiger partial charge in [0.25, 0.3) is 0 Å². The molecule has 0 bridgehead atoms. The fraction of sp³-hybridized carbons (Fsp3) is 0.125. The maximum Gasteiger partial charge on any atom is 0.0928 e. The van der Waals surface area contributed by atoms with Crippen molar-refractivity contribution < 1.29 is 0 Å². The van der Waals surface area contributed by atoms with Crippen molar-refractivity contribution in [2.75, 3.05) is 0 Å². The Bertz CT molecular complexity index is 319. The van der Waals surface area contributed by atoms with Crippen LogP contribution >= 0.6 is 22.9 Å². The van der Waals surface area contributed by atoms with Crippen LogP contribution < -0.4 is 0 Å². The van der Waals surface area contributed by atoms with Gasteiger partial charge in [0, 0.05) is 15.8 Å². The lowest BCUT2D eigenvalue weighted by atomic mass is 10.4. The summed E-state index contributed by atoms with van der Waals surface area (Å²) in [5, 5.41) is 8.82. The van der Waals surface area contributed by atoms with Crippen molar-refractivity contribution >= 4 is 28.0 Å². The van der Waals surface area contributed by atoms with Gasteiger partial charge in [-0.2, -0.15) is 5.26 Å². The van der Waals surface area contributed by atoms with E-state index in [1.165, 1.54) is 11.0 Å². The van der Waals surface area contributed by atoms with Gasteiger partial charge in [-0.05, 0) is 19.1 Å². The summed E-state index contributed by atoms with van der Waals surface area (Å²) >= 11 is 7.35. The molecule has 0 unspecified atom stereocenters. The number of rotatable bonds is 1. The zero-order valence-corrected chi connectivity index (χ0v) is 7.54. The van der Waals surface area contributed by atoms with Gasteiger partial charge in [-0.1, -0.05) is 11.6 Å². The van der Waals surface area contributed by atoms with Crippen LogP contribution in [-0.2, 0) is 0 Å². The summed E-state index contributed by atoms with van der Waals surface area (Å²) in [6, 6.07) is 5.78. The first-order valence-electron chi connectivity index (χ1n) is 3.06. The molecular weight excluding hydrogens is 178 g/mol. The molecule has 0 saturated heterocycles. The van der Waals surface area contributed by atoms with Crippen LogP contribution in [0.3, 0.4) is 0 Å². The summed E-state index contributed by atoms with van der Waals surface area (Å²) in [6.45, 7) is 2.00.